The van der Waals surface area contributed by atoms with Crippen molar-refractivity contribution >= 4 is 17.2 Å². The fraction of sp³-hybridized carbons (Fsp3) is 0.111. The molecular formula is C9H5F3N2O. The van der Waals surface area contributed by atoms with Crippen LogP contribution in [-0.2, 0) is 6.18 Å². The van der Waals surface area contributed by atoms with Gasteiger partial charge >= 0.3 is 6.18 Å². The Hall–Kier alpha value is -1.85. The van der Waals surface area contributed by atoms with Gasteiger partial charge in [-0.3, -0.25) is 9.89 Å². The fourth-order valence-corrected chi connectivity index (χ4v) is 1.32. The third kappa shape index (κ3) is 1.58. The summed E-state index contributed by atoms with van der Waals surface area (Å²) in [5, 5.41) is 5.32. The molecule has 0 saturated carbocycles. The Bertz CT molecular complexity index is 516. The lowest BCUT2D eigenvalue weighted by molar-refractivity contribution is -0.139. The number of halogens is 3. The zero-order chi connectivity index (χ0) is 11.1. The van der Waals surface area contributed by atoms with Gasteiger partial charge in [-0.25, -0.2) is 0 Å². The van der Waals surface area contributed by atoms with Crippen molar-refractivity contribution in [2.75, 3.05) is 0 Å². The van der Waals surface area contributed by atoms with E-state index in [2.05, 4.69) is 5.10 Å². The van der Waals surface area contributed by atoms with E-state index in [1.54, 1.807) is 0 Å². The maximum Gasteiger partial charge on any atom is 0.433 e. The van der Waals surface area contributed by atoms with E-state index in [0.29, 0.717) is 6.29 Å². The molecule has 1 aromatic carbocycles. The number of rotatable bonds is 1. The van der Waals surface area contributed by atoms with Crippen LogP contribution in [0.2, 0.25) is 0 Å². The van der Waals surface area contributed by atoms with E-state index in [-0.39, 0.29) is 16.5 Å². The molecule has 1 N–H and O–H groups in total. The Morgan fingerprint density at radius 3 is 2.67 bits per heavy atom. The monoisotopic (exact) mass is 214 g/mol. The van der Waals surface area contributed by atoms with E-state index in [4.69, 9.17) is 0 Å². The average molecular weight is 214 g/mol. The largest absolute Gasteiger partial charge is 0.433 e. The van der Waals surface area contributed by atoms with Gasteiger partial charge < -0.3 is 0 Å². The lowest BCUT2D eigenvalue weighted by atomic mass is 10.1. The third-order valence-corrected chi connectivity index (χ3v) is 2.00. The van der Waals surface area contributed by atoms with Gasteiger partial charge in [-0.1, -0.05) is 0 Å². The molecule has 0 aliphatic heterocycles. The number of carbonyl (C=O) groups is 1. The van der Waals surface area contributed by atoms with Crippen LogP contribution in [0.5, 0.6) is 0 Å². The van der Waals surface area contributed by atoms with E-state index >= 15 is 0 Å². The van der Waals surface area contributed by atoms with Crippen molar-refractivity contribution in [3.63, 3.8) is 0 Å². The molecule has 15 heavy (non-hydrogen) atoms. The number of alkyl halides is 3. The summed E-state index contributed by atoms with van der Waals surface area (Å²) in [5.41, 5.74) is -0.552. The number of nitrogens with one attached hydrogen (secondary N) is 1. The lowest BCUT2D eigenvalue weighted by Crippen LogP contribution is -2.05. The first kappa shape index (κ1) is 9.70. The first-order valence-corrected chi connectivity index (χ1v) is 4.03. The number of nitrogens with zero attached hydrogens (tertiary/aromatic N) is 1. The van der Waals surface area contributed by atoms with Gasteiger partial charge in [-0.15, -0.1) is 0 Å². The fourth-order valence-electron chi connectivity index (χ4n) is 1.32. The highest BCUT2D eigenvalue weighted by atomic mass is 19.4. The number of fused-ring (bicyclic) bond motifs is 1. The molecule has 0 spiro atoms. The van der Waals surface area contributed by atoms with E-state index in [1.165, 1.54) is 12.1 Å². The molecule has 0 aliphatic carbocycles. The summed E-state index contributed by atoms with van der Waals surface area (Å²) in [5.74, 6) is 0. The summed E-state index contributed by atoms with van der Waals surface area (Å²) in [6.45, 7) is 0. The van der Waals surface area contributed by atoms with Crippen molar-refractivity contribution in [3.8, 4) is 0 Å². The summed E-state index contributed by atoms with van der Waals surface area (Å²) < 4.78 is 37.3. The molecule has 2 rings (SSSR count). The van der Waals surface area contributed by atoms with Gasteiger partial charge in [0.05, 0.1) is 5.52 Å². The highest BCUT2D eigenvalue weighted by molar-refractivity contribution is 5.88. The van der Waals surface area contributed by atoms with E-state index < -0.39 is 11.9 Å². The number of aromatic amines is 1. The highest BCUT2D eigenvalue weighted by Gasteiger charge is 2.34. The van der Waals surface area contributed by atoms with E-state index in [0.717, 1.165) is 6.07 Å². The Balaban J connectivity index is 2.72. The lowest BCUT2D eigenvalue weighted by Gasteiger charge is -2.02. The van der Waals surface area contributed by atoms with Gasteiger partial charge in [0.15, 0.2) is 0 Å². The van der Waals surface area contributed by atoms with Crippen LogP contribution in [0.15, 0.2) is 18.2 Å². The SMILES string of the molecule is O=Cc1ccc2n[nH]c(C(F)(F)F)c2c1. The van der Waals surface area contributed by atoms with E-state index in [9.17, 15) is 18.0 Å². The maximum absolute atomic E-state index is 12.4. The molecule has 0 atom stereocenters. The van der Waals surface area contributed by atoms with Crippen molar-refractivity contribution in [2.24, 2.45) is 0 Å². The average Bonchev–Trinajstić information content (AvgIpc) is 2.59. The van der Waals surface area contributed by atoms with Crippen LogP contribution in [0.3, 0.4) is 0 Å². The predicted molar refractivity (Wildman–Crippen MR) is 46.5 cm³/mol. The van der Waals surface area contributed by atoms with Crippen LogP contribution in [-0.4, -0.2) is 16.5 Å². The van der Waals surface area contributed by atoms with E-state index in [1.807, 2.05) is 5.10 Å². The van der Waals surface area contributed by atoms with Crippen LogP contribution in [0.25, 0.3) is 10.9 Å². The first-order valence-electron chi connectivity index (χ1n) is 4.03. The predicted octanol–water partition coefficient (Wildman–Crippen LogP) is 2.39. The minimum Gasteiger partial charge on any atom is -0.298 e. The summed E-state index contributed by atoms with van der Waals surface area (Å²) in [4.78, 5) is 10.4. The molecule has 0 saturated heterocycles. The zero-order valence-electron chi connectivity index (χ0n) is 7.30. The molecule has 2 aromatic rings. The number of H-pyrrole nitrogens is 1. The Morgan fingerprint density at radius 2 is 2.07 bits per heavy atom. The van der Waals surface area contributed by atoms with Crippen molar-refractivity contribution in [3.05, 3.63) is 29.5 Å². The van der Waals surface area contributed by atoms with Crippen LogP contribution < -0.4 is 0 Å². The molecule has 0 amide bonds. The Labute approximate surface area is 81.9 Å². The summed E-state index contributed by atoms with van der Waals surface area (Å²) in [6, 6.07) is 3.94. The minimum absolute atomic E-state index is 0.0906. The molecule has 1 aromatic heterocycles. The smallest absolute Gasteiger partial charge is 0.298 e. The van der Waals surface area contributed by atoms with Crippen molar-refractivity contribution in [1.29, 1.82) is 0 Å². The molecule has 0 radical (unpaired) electrons. The maximum atomic E-state index is 12.4. The van der Waals surface area contributed by atoms with Crippen molar-refractivity contribution < 1.29 is 18.0 Å². The quantitative estimate of drug-likeness (QED) is 0.741. The van der Waals surface area contributed by atoms with Crippen molar-refractivity contribution in [1.82, 2.24) is 10.2 Å². The first-order chi connectivity index (χ1) is 7.02. The molecule has 6 heteroatoms. The molecule has 1 heterocycles. The van der Waals surface area contributed by atoms with Gasteiger partial charge in [0.1, 0.15) is 12.0 Å². The second-order valence-electron chi connectivity index (χ2n) is 2.99. The van der Waals surface area contributed by atoms with Gasteiger partial charge in [-0.05, 0) is 18.2 Å². The van der Waals surface area contributed by atoms with Crippen LogP contribution in [0.1, 0.15) is 16.1 Å². The third-order valence-electron chi connectivity index (χ3n) is 2.00. The van der Waals surface area contributed by atoms with Crippen molar-refractivity contribution in [2.45, 2.75) is 6.18 Å². The number of carbonyl (C=O) groups excluding carboxylic acids is 1. The Morgan fingerprint density at radius 1 is 1.33 bits per heavy atom. The van der Waals surface area contributed by atoms with Crippen LogP contribution in [0, 0.1) is 0 Å². The summed E-state index contributed by atoms with van der Waals surface area (Å²) >= 11 is 0. The minimum atomic E-state index is -4.49. The molecule has 0 aliphatic rings. The van der Waals surface area contributed by atoms with Crippen LogP contribution in [0.4, 0.5) is 13.2 Å². The van der Waals surface area contributed by atoms with Gasteiger partial charge in [0, 0.05) is 10.9 Å². The number of benzene rings is 1. The molecule has 0 fully saturated rings. The summed E-state index contributed by atoms with van der Waals surface area (Å²) in [7, 11) is 0. The second-order valence-corrected chi connectivity index (χ2v) is 2.99. The Kier molecular flexibility index (Phi) is 1.99. The second kappa shape index (κ2) is 3.08. The highest BCUT2D eigenvalue weighted by Crippen LogP contribution is 2.32. The van der Waals surface area contributed by atoms with Crippen LogP contribution >= 0.6 is 0 Å². The number of hydrogen-bond acceptors (Lipinski definition) is 2. The molecule has 3 nitrogen and oxygen atoms in total. The van der Waals surface area contributed by atoms with Gasteiger partial charge in [0.25, 0.3) is 0 Å². The summed E-state index contributed by atoms with van der Waals surface area (Å²) in [6.07, 6.45) is -4.00. The number of aldehydes is 1. The van der Waals surface area contributed by atoms with Gasteiger partial charge in [-0.2, -0.15) is 18.3 Å². The number of aromatic nitrogens is 2. The standard InChI is InChI=1S/C9H5F3N2O/c10-9(11,12)8-6-3-5(4-15)1-2-7(6)13-14-8/h1-4H,(H,13,14). The van der Waals surface area contributed by atoms with Gasteiger partial charge in [0.2, 0.25) is 0 Å². The normalized spacial score (nSPS) is 11.9. The topological polar surface area (TPSA) is 45.8 Å². The molecule has 0 unspecified atom stereocenters. The molecule has 78 valence electrons. The molecular weight excluding hydrogens is 209 g/mol. The molecule has 0 bridgehead atoms. The zero-order valence-corrected chi connectivity index (χ0v) is 7.30. The number of hydrogen-bond donors (Lipinski definition) is 1.